The standard InChI is InChI=1S/C11H15N3O2/c1-7-10(16-6-13-7)11(15)14-5-8-9(14)3-2-4-12-8/h6,8-9,12H,2-5H2,1H3. The number of amides is 1. The third kappa shape index (κ3) is 1.35. The molecule has 86 valence electrons. The van der Waals surface area contributed by atoms with Gasteiger partial charge in [-0.25, -0.2) is 4.98 Å². The first-order valence-corrected chi connectivity index (χ1v) is 5.72. The summed E-state index contributed by atoms with van der Waals surface area (Å²) in [6.07, 6.45) is 3.57. The van der Waals surface area contributed by atoms with Crippen molar-refractivity contribution < 1.29 is 9.21 Å². The first-order chi connectivity index (χ1) is 7.77. The number of piperidine rings is 1. The number of oxazole rings is 1. The SMILES string of the molecule is Cc1ncoc1C(=O)N1CC2NCCCC21. The van der Waals surface area contributed by atoms with Gasteiger partial charge in [-0.2, -0.15) is 0 Å². The molecular weight excluding hydrogens is 206 g/mol. The lowest BCUT2D eigenvalue weighted by atomic mass is 9.88. The molecule has 1 amide bonds. The monoisotopic (exact) mass is 221 g/mol. The molecule has 0 aromatic carbocycles. The van der Waals surface area contributed by atoms with Crippen molar-refractivity contribution in [3.8, 4) is 0 Å². The zero-order valence-electron chi connectivity index (χ0n) is 9.27. The molecule has 2 unspecified atom stereocenters. The van der Waals surface area contributed by atoms with Crippen molar-refractivity contribution in [1.82, 2.24) is 15.2 Å². The van der Waals surface area contributed by atoms with Gasteiger partial charge in [0.1, 0.15) is 0 Å². The number of nitrogens with zero attached hydrogens (tertiary/aromatic N) is 2. The lowest BCUT2D eigenvalue weighted by Gasteiger charge is -2.50. The highest BCUT2D eigenvalue weighted by Crippen LogP contribution is 2.27. The molecule has 5 nitrogen and oxygen atoms in total. The van der Waals surface area contributed by atoms with E-state index in [-0.39, 0.29) is 5.91 Å². The Hall–Kier alpha value is -1.36. The van der Waals surface area contributed by atoms with E-state index in [0.717, 1.165) is 25.9 Å². The normalized spacial score (nSPS) is 28.4. The molecule has 1 aromatic rings. The van der Waals surface area contributed by atoms with Crippen molar-refractivity contribution in [2.24, 2.45) is 0 Å². The van der Waals surface area contributed by atoms with Gasteiger partial charge in [-0.3, -0.25) is 4.79 Å². The van der Waals surface area contributed by atoms with E-state index < -0.39 is 0 Å². The van der Waals surface area contributed by atoms with Gasteiger partial charge in [0.25, 0.3) is 5.91 Å². The first kappa shape index (κ1) is 9.84. The second-order valence-electron chi connectivity index (χ2n) is 4.49. The van der Waals surface area contributed by atoms with Gasteiger partial charge in [0.15, 0.2) is 6.39 Å². The third-order valence-corrected chi connectivity index (χ3v) is 3.54. The van der Waals surface area contributed by atoms with E-state index >= 15 is 0 Å². The molecule has 2 atom stereocenters. The highest BCUT2D eigenvalue weighted by Gasteiger charge is 2.44. The van der Waals surface area contributed by atoms with Crippen LogP contribution < -0.4 is 5.32 Å². The number of carbonyl (C=O) groups excluding carboxylic acids is 1. The van der Waals surface area contributed by atoms with Crippen LogP contribution in [0.5, 0.6) is 0 Å². The summed E-state index contributed by atoms with van der Waals surface area (Å²) in [7, 11) is 0. The zero-order valence-corrected chi connectivity index (χ0v) is 9.27. The average molecular weight is 221 g/mol. The Kier molecular flexibility index (Phi) is 2.21. The average Bonchev–Trinajstić information content (AvgIpc) is 2.66. The van der Waals surface area contributed by atoms with E-state index in [1.165, 1.54) is 6.39 Å². The van der Waals surface area contributed by atoms with Crippen LogP contribution in [0.15, 0.2) is 10.8 Å². The lowest BCUT2D eigenvalue weighted by molar-refractivity contribution is 0.0147. The van der Waals surface area contributed by atoms with Crippen LogP contribution in [0.2, 0.25) is 0 Å². The van der Waals surface area contributed by atoms with Crippen molar-refractivity contribution in [1.29, 1.82) is 0 Å². The minimum atomic E-state index is -0.0139. The van der Waals surface area contributed by atoms with Crippen molar-refractivity contribution in [3.05, 3.63) is 17.8 Å². The van der Waals surface area contributed by atoms with E-state index in [9.17, 15) is 4.79 Å². The lowest BCUT2D eigenvalue weighted by Crippen LogP contribution is -2.69. The number of carbonyl (C=O) groups is 1. The molecule has 2 aliphatic rings. The van der Waals surface area contributed by atoms with Crippen molar-refractivity contribution in [3.63, 3.8) is 0 Å². The van der Waals surface area contributed by atoms with Gasteiger partial charge in [-0.15, -0.1) is 0 Å². The number of fused-ring (bicyclic) bond motifs is 1. The van der Waals surface area contributed by atoms with Crippen molar-refractivity contribution in [2.75, 3.05) is 13.1 Å². The van der Waals surface area contributed by atoms with E-state index in [2.05, 4.69) is 10.3 Å². The Morgan fingerprint density at radius 3 is 3.25 bits per heavy atom. The Morgan fingerprint density at radius 1 is 1.69 bits per heavy atom. The predicted molar refractivity (Wildman–Crippen MR) is 57.1 cm³/mol. The van der Waals surface area contributed by atoms with E-state index in [4.69, 9.17) is 4.42 Å². The quantitative estimate of drug-likeness (QED) is 0.752. The molecule has 2 aliphatic heterocycles. The Bertz CT molecular complexity index is 415. The van der Waals surface area contributed by atoms with Crippen molar-refractivity contribution >= 4 is 5.91 Å². The van der Waals surface area contributed by atoms with Crippen LogP contribution >= 0.6 is 0 Å². The minimum absolute atomic E-state index is 0.0139. The van der Waals surface area contributed by atoms with E-state index in [0.29, 0.717) is 23.5 Å². The fraction of sp³-hybridized carbons (Fsp3) is 0.636. The molecule has 2 saturated heterocycles. The highest BCUT2D eigenvalue weighted by atomic mass is 16.3. The summed E-state index contributed by atoms with van der Waals surface area (Å²) in [6, 6.07) is 0.840. The molecule has 0 spiro atoms. The maximum atomic E-state index is 12.1. The summed E-state index contributed by atoms with van der Waals surface area (Å²) in [5.41, 5.74) is 0.678. The fourth-order valence-corrected chi connectivity index (χ4v) is 2.58. The summed E-state index contributed by atoms with van der Waals surface area (Å²) in [5, 5.41) is 3.42. The number of aryl methyl sites for hydroxylation is 1. The summed E-state index contributed by atoms with van der Waals surface area (Å²) in [4.78, 5) is 18.0. The van der Waals surface area contributed by atoms with Crippen LogP contribution in [-0.4, -0.2) is 41.0 Å². The molecule has 5 heteroatoms. The van der Waals surface area contributed by atoms with Crippen molar-refractivity contribution in [2.45, 2.75) is 31.8 Å². The molecule has 0 bridgehead atoms. The van der Waals surface area contributed by atoms with Crippen LogP contribution in [0, 0.1) is 6.92 Å². The minimum Gasteiger partial charge on any atom is -0.438 e. The summed E-state index contributed by atoms with van der Waals surface area (Å²) < 4.78 is 5.14. The molecule has 0 aliphatic carbocycles. The summed E-state index contributed by atoms with van der Waals surface area (Å²) in [5.74, 6) is 0.379. The van der Waals surface area contributed by atoms with E-state index in [1.54, 1.807) is 6.92 Å². The number of hydrogen-bond acceptors (Lipinski definition) is 4. The van der Waals surface area contributed by atoms with Gasteiger partial charge in [0.05, 0.1) is 5.69 Å². The second kappa shape index (κ2) is 3.59. The molecule has 3 heterocycles. The Morgan fingerprint density at radius 2 is 2.56 bits per heavy atom. The van der Waals surface area contributed by atoms with Crippen LogP contribution in [0.4, 0.5) is 0 Å². The van der Waals surface area contributed by atoms with Crippen LogP contribution in [0.25, 0.3) is 0 Å². The molecular formula is C11H15N3O2. The number of likely N-dealkylation sites (tertiary alicyclic amines) is 1. The van der Waals surface area contributed by atoms with Gasteiger partial charge in [0.2, 0.25) is 5.76 Å². The van der Waals surface area contributed by atoms with Crippen LogP contribution in [0.1, 0.15) is 29.1 Å². The van der Waals surface area contributed by atoms with Gasteiger partial charge in [-0.1, -0.05) is 0 Å². The Labute approximate surface area is 93.8 Å². The number of hydrogen-bond donors (Lipinski definition) is 1. The number of aromatic nitrogens is 1. The summed E-state index contributed by atoms with van der Waals surface area (Å²) in [6.45, 7) is 3.67. The number of rotatable bonds is 1. The maximum Gasteiger partial charge on any atom is 0.291 e. The maximum absolute atomic E-state index is 12.1. The molecule has 3 rings (SSSR count). The highest BCUT2D eigenvalue weighted by molar-refractivity contribution is 5.93. The second-order valence-corrected chi connectivity index (χ2v) is 4.49. The zero-order chi connectivity index (χ0) is 11.1. The molecule has 0 saturated carbocycles. The topological polar surface area (TPSA) is 58.4 Å². The van der Waals surface area contributed by atoms with Crippen LogP contribution in [0.3, 0.4) is 0 Å². The fourth-order valence-electron chi connectivity index (χ4n) is 2.58. The molecule has 16 heavy (non-hydrogen) atoms. The summed E-state index contributed by atoms with van der Waals surface area (Å²) >= 11 is 0. The Balaban J connectivity index is 1.75. The largest absolute Gasteiger partial charge is 0.438 e. The van der Waals surface area contributed by atoms with Gasteiger partial charge >= 0.3 is 0 Å². The smallest absolute Gasteiger partial charge is 0.291 e. The van der Waals surface area contributed by atoms with E-state index in [1.807, 2.05) is 4.90 Å². The first-order valence-electron chi connectivity index (χ1n) is 5.72. The number of nitrogens with one attached hydrogen (secondary N) is 1. The van der Waals surface area contributed by atoms with Gasteiger partial charge in [-0.05, 0) is 26.3 Å². The molecule has 0 radical (unpaired) electrons. The predicted octanol–water partition coefficient (Wildman–Crippen LogP) is 0.559. The third-order valence-electron chi connectivity index (χ3n) is 3.54. The molecule has 1 aromatic heterocycles. The molecule has 2 fully saturated rings. The molecule has 1 N–H and O–H groups in total. The van der Waals surface area contributed by atoms with Gasteiger partial charge < -0.3 is 14.6 Å². The van der Waals surface area contributed by atoms with Crippen LogP contribution in [-0.2, 0) is 0 Å². The van der Waals surface area contributed by atoms with Gasteiger partial charge in [0, 0.05) is 18.6 Å².